The third kappa shape index (κ3) is 4.79. The minimum Gasteiger partial charge on any atom is -0.353 e. The molecule has 0 aliphatic rings. The van der Waals surface area contributed by atoms with Crippen molar-refractivity contribution in [2.45, 2.75) is 52.0 Å². The lowest BCUT2D eigenvalue weighted by atomic mass is 10.1. The second-order valence-electron chi connectivity index (χ2n) is 4.01. The van der Waals surface area contributed by atoms with Crippen LogP contribution in [0.4, 0.5) is 0 Å². The molecule has 1 rings (SSSR count). The molecule has 2 nitrogen and oxygen atoms in total. The maximum atomic E-state index is 11.6. The molecule has 0 unspecified atom stereocenters. The highest BCUT2D eigenvalue weighted by atomic mass is 32.1. The zero-order valence-electron chi connectivity index (χ0n) is 10.2. The maximum absolute atomic E-state index is 11.6. The van der Waals surface area contributed by atoms with Gasteiger partial charge in [0.25, 0.3) is 0 Å². The third-order valence-corrected chi connectivity index (χ3v) is 3.69. The molecule has 16 heavy (non-hydrogen) atoms. The van der Waals surface area contributed by atoms with E-state index in [9.17, 15) is 4.79 Å². The van der Waals surface area contributed by atoms with Gasteiger partial charge in [-0.2, -0.15) is 0 Å². The van der Waals surface area contributed by atoms with E-state index in [2.05, 4.69) is 36.7 Å². The summed E-state index contributed by atoms with van der Waals surface area (Å²) in [4.78, 5) is 13.0. The van der Waals surface area contributed by atoms with E-state index in [-0.39, 0.29) is 5.91 Å². The Kier molecular flexibility index (Phi) is 6.16. The quantitative estimate of drug-likeness (QED) is 0.776. The molecule has 1 N–H and O–H groups in total. The first-order chi connectivity index (χ1) is 7.76. The van der Waals surface area contributed by atoms with Crippen LogP contribution in [0, 0.1) is 0 Å². The Morgan fingerprint density at radius 1 is 1.44 bits per heavy atom. The normalized spacial score (nSPS) is 10.7. The predicted molar refractivity (Wildman–Crippen MR) is 69.8 cm³/mol. The number of thiophene rings is 1. The zero-order valence-corrected chi connectivity index (χ0v) is 11.0. The van der Waals surface area contributed by atoms with Crippen molar-refractivity contribution in [1.29, 1.82) is 0 Å². The van der Waals surface area contributed by atoms with Gasteiger partial charge in [0.1, 0.15) is 0 Å². The molecule has 3 heteroatoms. The summed E-state index contributed by atoms with van der Waals surface area (Å²) in [7, 11) is 0. The lowest BCUT2D eigenvalue weighted by molar-refractivity contribution is -0.121. The number of amides is 1. The second kappa shape index (κ2) is 7.44. The van der Waals surface area contributed by atoms with E-state index < -0.39 is 0 Å². The van der Waals surface area contributed by atoms with Gasteiger partial charge in [0, 0.05) is 17.3 Å². The molecule has 0 fully saturated rings. The molecule has 0 saturated heterocycles. The first kappa shape index (κ1) is 13.2. The molecule has 1 aromatic rings. The number of aryl methyl sites for hydroxylation is 1. The molecule has 0 aliphatic carbocycles. The highest BCUT2D eigenvalue weighted by molar-refractivity contribution is 7.09. The van der Waals surface area contributed by atoms with Gasteiger partial charge in [-0.15, -0.1) is 11.3 Å². The van der Waals surface area contributed by atoms with E-state index in [1.54, 1.807) is 11.3 Å². The number of nitrogens with one attached hydrogen (secondary N) is 1. The minimum atomic E-state index is 0.199. The van der Waals surface area contributed by atoms with Gasteiger partial charge >= 0.3 is 0 Å². The molecule has 0 saturated carbocycles. The van der Waals surface area contributed by atoms with Crippen molar-refractivity contribution in [1.82, 2.24) is 5.32 Å². The van der Waals surface area contributed by atoms with Gasteiger partial charge in [-0.25, -0.2) is 0 Å². The monoisotopic (exact) mass is 239 g/mol. The SMILES string of the molecule is CCC(CC)NC(=O)CCCc1cccs1. The summed E-state index contributed by atoms with van der Waals surface area (Å²) in [6.45, 7) is 4.22. The van der Waals surface area contributed by atoms with Crippen molar-refractivity contribution in [2.24, 2.45) is 0 Å². The third-order valence-electron chi connectivity index (χ3n) is 2.76. The van der Waals surface area contributed by atoms with E-state index in [0.717, 1.165) is 25.7 Å². The summed E-state index contributed by atoms with van der Waals surface area (Å²) in [6.07, 6.45) is 4.66. The van der Waals surface area contributed by atoms with E-state index in [0.29, 0.717) is 12.5 Å². The maximum Gasteiger partial charge on any atom is 0.220 e. The van der Waals surface area contributed by atoms with Gasteiger partial charge in [0.05, 0.1) is 0 Å². The topological polar surface area (TPSA) is 29.1 Å². The van der Waals surface area contributed by atoms with Crippen molar-refractivity contribution < 1.29 is 4.79 Å². The number of hydrogen-bond acceptors (Lipinski definition) is 2. The van der Waals surface area contributed by atoms with Crippen molar-refractivity contribution >= 4 is 17.2 Å². The predicted octanol–water partition coefficient (Wildman–Crippen LogP) is 3.38. The van der Waals surface area contributed by atoms with E-state index in [1.807, 2.05) is 0 Å². The Hall–Kier alpha value is -0.830. The lowest BCUT2D eigenvalue weighted by Gasteiger charge is -2.14. The highest BCUT2D eigenvalue weighted by Gasteiger charge is 2.07. The highest BCUT2D eigenvalue weighted by Crippen LogP contribution is 2.11. The van der Waals surface area contributed by atoms with Crippen LogP contribution in [-0.2, 0) is 11.2 Å². The fraction of sp³-hybridized carbons (Fsp3) is 0.615. The van der Waals surface area contributed by atoms with Crippen LogP contribution in [-0.4, -0.2) is 11.9 Å². The van der Waals surface area contributed by atoms with E-state index in [4.69, 9.17) is 0 Å². The van der Waals surface area contributed by atoms with Gasteiger partial charge in [-0.3, -0.25) is 4.79 Å². The average Bonchev–Trinajstić information content (AvgIpc) is 2.79. The van der Waals surface area contributed by atoms with Crippen LogP contribution in [0.15, 0.2) is 17.5 Å². The summed E-state index contributed by atoms with van der Waals surface area (Å²) in [6, 6.07) is 4.54. The standard InChI is InChI=1S/C13H21NOS/c1-3-11(4-2)14-13(15)9-5-7-12-8-6-10-16-12/h6,8,10-11H,3-5,7,9H2,1-2H3,(H,14,15). The minimum absolute atomic E-state index is 0.199. The molecule has 0 aliphatic heterocycles. The van der Waals surface area contributed by atoms with Crippen LogP contribution in [0.5, 0.6) is 0 Å². The summed E-state index contributed by atoms with van der Waals surface area (Å²) >= 11 is 1.77. The van der Waals surface area contributed by atoms with Crippen molar-refractivity contribution in [3.05, 3.63) is 22.4 Å². The first-order valence-electron chi connectivity index (χ1n) is 6.08. The van der Waals surface area contributed by atoms with Crippen LogP contribution >= 0.6 is 11.3 Å². The van der Waals surface area contributed by atoms with Gasteiger partial charge in [-0.1, -0.05) is 19.9 Å². The molecule has 0 atom stereocenters. The van der Waals surface area contributed by atoms with Crippen molar-refractivity contribution in [3.8, 4) is 0 Å². The summed E-state index contributed by atoms with van der Waals surface area (Å²) in [5, 5.41) is 5.14. The number of carbonyl (C=O) groups is 1. The Balaban J connectivity index is 2.15. The number of hydrogen-bond donors (Lipinski definition) is 1. The summed E-state index contributed by atoms with van der Waals surface area (Å²) < 4.78 is 0. The van der Waals surface area contributed by atoms with E-state index >= 15 is 0 Å². The number of rotatable bonds is 7. The van der Waals surface area contributed by atoms with Gasteiger partial charge < -0.3 is 5.32 Å². The lowest BCUT2D eigenvalue weighted by Crippen LogP contribution is -2.33. The van der Waals surface area contributed by atoms with Gasteiger partial charge in [-0.05, 0) is 37.1 Å². The van der Waals surface area contributed by atoms with Crippen molar-refractivity contribution in [3.63, 3.8) is 0 Å². The Bertz CT molecular complexity index is 291. The molecule has 1 heterocycles. The van der Waals surface area contributed by atoms with Crippen LogP contribution in [0.2, 0.25) is 0 Å². The van der Waals surface area contributed by atoms with E-state index in [1.165, 1.54) is 4.88 Å². The van der Waals surface area contributed by atoms with Gasteiger partial charge in [0.2, 0.25) is 5.91 Å². The fourth-order valence-corrected chi connectivity index (χ4v) is 2.42. The fourth-order valence-electron chi connectivity index (χ4n) is 1.67. The zero-order chi connectivity index (χ0) is 11.8. The molecule has 0 spiro atoms. The Morgan fingerprint density at radius 3 is 2.75 bits per heavy atom. The molecular weight excluding hydrogens is 218 g/mol. The van der Waals surface area contributed by atoms with Gasteiger partial charge in [0.15, 0.2) is 0 Å². The second-order valence-corrected chi connectivity index (χ2v) is 5.05. The molecule has 0 radical (unpaired) electrons. The Morgan fingerprint density at radius 2 is 2.19 bits per heavy atom. The largest absolute Gasteiger partial charge is 0.353 e. The Labute approximate surface area is 102 Å². The van der Waals surface area contributed by atoms with Crippen LogP contribution in [0.25, 0.3) is 0 Å². The summed E-state index contributed by atoms with van der Waals surface area (Å²) in [5.74, 6) is 0.199. The van der Waals surface area contributed by atoms with Crippen LogP contribution in [0.3, 0.4) is 0 Å². The molecule has 0 bridgehead atoms. The first-order valence-corrected chi connectivity index (χ1v) is 6.96. The molecular formula is C13H21NOS. The van der Waals surface area contributed by atoms with Crippen molar-refractivity contribution in [2.75, 3.05) is 0 Å². The molecule has 0 aromatic carbocycles. The molecule has 90 valence electrons. The summed E-state index contributed by atoms with van der Waals surface area (Å²) in [5.41, 5.74) is 0. The average molecular weight is 239 g/mol. The molecule has 1 amide bonds. The van der Waals surface area contributed by atoms with Crippen LogP contribution in [0.1, 0.15) is 44.4 Å². The van der Waals surface area contributed by atoms with Crippen LogP contribution < -0.4 is 5.32 Å². The smallest absolute Gasteiger partial charge is 0.220 e. The molecule has 1 aromatic heterocycles. The number of carbonyl (C=O) groups excluding carboxylic acids is 1.